The summed E-state index contributed by atoms with van der Waals surface area (Å²) in [6, 6.07) is 6.85. The van der Waals surface area contributed by atoms with Crippen LogP contribution in [0.25, 0.3) is 16.5 Å². The Morgan fingerprint density at radius 3 is 2.88 bits per heavy atom. The zero-order chi connectivity index (χ0) is 18.1. The maximum Gasteiger partial charge on any atom is 0.322 e. The van der Waals surface area contributed by atoms with Crippen molar-refractivity contribution in [2.75, 3.05) is 5.32 Å². The Balaban J connectivity index is 1.54. The third-order valence-corrected chi connectivity index (χ3v) is 4.53. The van der Waals surface area contributed by atoms with Gasteiger partial charge in [-0.25, -0.2) is 9.67 Å². The molecule has 4 aromatic rings. The minimum Gasteiger partial charge on any atom is -0.402 e. The minimum absolute atomic E-state index is 0.0169. The first-order valence-electron chi connectivity index (χ1n) is 7.53. The van der Waals surface area contributed by atoms with E-state index in [0.717, 1.165) is 15.6 Å². The second kappa shape index (κ2) is 6.44. The van der Waals surface area contributed by atoms with Gasteiger partial charge in [0.15, 0.2) is 0 Å². The van der Waals surface area contributed by atoms with Gasteiger partial charge in [-0.15, -0.1) is 21.5 Å². The molecule has 26 heavy (non-hydrogen) atoms. The maximum absolute atomic E-state index is 12.4. The van der Waals surface area contributed by atoms with E-state index >= 15 is 0 Å². The van der Waals surface area contributed by atoms with Gasteiger partial charge in [0.2, 0.25) is 0 Å². The lowest BCUT2D eigenvalue weighted by molar-refractivity contribution is 0.102. The van der Waals surface area contributed by atoms with Crippen molar-refractivity contribution in [3.05, 3.63) is 46.9 Å². The monoisotopic (exact) mass is 368 g/mol. The Bertz CT molecular complexity index is 1070. The van der Waals surface area contributed by atoms with Crippen molar-refractivity contribution in [2.45, 2.75) is 13.8 Å². The fraction of sp³-hybridized carbons (Fsp3) is 0.133. The number of anilines is 1. The van der Waals surface area contributed by atoms with Gasteiger partial charge in [0.1, 0.15) is 11.2 Å². The highest BCUT2D eigenvalue weighted by molar-refractivity contribution is 7.15. The van der Waals surface area contributed by atoms with Gasteiger partial charge >= 0.3 is 6.01 Å². The summed E-state index contributed by atoms with van der Waals surface area (Å²) in [5, 5.41) is 22.3. The molecule has 11 heteroatoms. The number of hydrogen-bond acceptors (Lipinski definition) is 9. The van der Waals surface area contributed by atoms with Crippen molar-refractivity contribution < 1.29 is 9.21 Å². The van der Waals surface area contributed by atoms with Crippen molar-refractivity contribution in [1.82, 2.24) is 35.4 Å². The highest BCUT2D eigenvalue weighted by Crippen LogP contribution is 2.29. The number of aryl methyl sites for hydroxylation is 2. The Morgan fingerprint density at radius 1 is 1.27 bits per heavy atom. The van der Waals surface area contributed by atoms with Gasteiger partial charge in [-0.3, -0.25) is 10.1 Å². The first-order chi connectivity index (χ1) is 12.6. The largest absolute Gasteiger partial charge is 0.402 e. The molecule has 10 nitrogen and oxygen atoms in total. The van der Waals surface area contributed by atoms with Crippen molar-refractivity contribution in [1.29, 1.82) is 0 Å². The van der Waals surface area contributed by atoms with Crippen LogP contribution < -0.4 is 5.32 Å². The molecule has 0 bridgehead atoms. The summed E-state index contributed by atoms with van der Waals surface area (Å²) in [7, 11) is 0. The molecule has 1 N–H and O–H groups in total. The Morgan fingerprint density at radius 2 is 2.15 bits per heavy atom. The molecule has 0 spiro atoms. The number of hydrogen-bond donors (Lipinski definition) is 1. The van der Waals surface area contributed by atoms with Crippen LogP contribution in [0.15, 0.2) is 35.0 Å². The van der Waals surface area contributed by atoms with E-state index in [9.17, 15) is 4.79 Å². The lowest BCUT2D eigenvalue weighted by Crippen LogP contribution is -2.12. The molecule has 0 atom stereocenters. The molecular weight excluding hydrogens is 356 g/mol. The number of nitrogens with zero attached hydrogens (tertiary/aromatic N) is 7. The number of carbonyl (C=O) groups is 1. The first kappa shape index (κ1) is 16.0. The number of carbonyl (C=O) groups excluding carboxylic acids is 1. The standard InChI is InChI=1S/C15H12N8O2S/c1-8-12(26-9(2)17-8)14-19-20-15(25-14)18-13(24)10-4-3-5-11(6-10)23-7-16-21-22-23/h3-7H,1-2H3,(H,18,20,24). The van der Waals surface area contributed by atoms with E-state index in [2.05, 4.69) is 36.0 Å². The molecule has 3 heterocycles. The van der Waals surface area contributed by atoms with Crippen LogP contribution in [0.2, 0.25) is 0 Å². The quantitative estimate of drug-likeness (QED) is 0.580. The number of tetrazole rings is 1. The van der Waals surface area contributed by atoms with Gasteiger partial charge in [0, 0.05) is 5.56 Å². The van der Waals surface area contributed by atoms with Crippen LogP contribution in [0.1, 0.15) is 21.1 Å². The van der Waals surface area contributed by atoms with Crippen molar-refractivity contribution >= 4 is 23.3 Å². The summed E-state index contributed by atoms with van der Waals surface area (Å²) >= 11 is 1.45. The molecule has 0 saturated heterocycles. The molecule has 0 radical (unpaired) electrons. The van der Waals surface area contributed by atoms with E-state index in [-0.39, 0.29) is 11.9 Å². The minimum atomic E-state index is -0.382. The van der Waals surface area contributed by atoms with Crippen LogP contribution in [-0.2, 0) is 0 Å². The molecule has 130 valence electrons. The van der Waals surface area contributed by atoms with Crippen LogP contribution >= 0.6 is 11.3 Å². The van der Waals surface area contributed by atoms with Crippen LogP contribution in [0.5, 0.6) is 0 Å². The lowest BCUT2D eigenvalue weighted by atomic mass is 10.2. The summed E-state index contributed by atoms with van der Waals surface area (Å²) in [6.45, 7) is 3.77. The summed E-state index contributed by atoms with van der Waals surface area (Å²) < 4.78 is 6.99. The van der Waals surface area contributed by atoms with Crippen molar-refractivity contribution in [3.63, 3.8) is 0 Å². The normalized spacial score (nSPS) is 10.8. The summed E-state index contributed by atoms with van der Waals surface area (Å²) in [6.07, 6.45) is 1.45. The van der Waals surface area contributed by atoms with Crippen LogP contribution in [-0.4, -0.2) is 41.3 Å². The molecule has 1 amide bonds. The average molecular weight is 368 g/mol. The van der Waals surface area contributed by atoms with E-state index in [1.54, 1.807) is 24.3 Å². The number of amides is 1. The molecule has 0 aliphatic carbocycles. The second-order valence-corrected chi connectivity index (χ2v) is 6.52. The number of benzene rings is 1. The van der Waals surface area contributed by atoms with Gasteiger partial charge in [0.25, 0.3) is 11.8 Å². The van der Waals surface area contributed by atoms with Crippen LogP contribution in [0.4, 0.5) is 6.01 Å². The zero-order valence-corrected chi connectivity index (χ0v) is 14.6. The smallest absolute Gasteiger partial charge is 0.322 e. The fourth-order valence-corrected chi connectivity index (χ4v) is 3.17. The predicted octanol–water partition coefficient (Wildman–Crippen LogP) is 2.04. The van der Waals surface area contributed by atoms with Gasteiger partial charge in [-0.2, -0.15) is 0 Å². The van der Waals surface area contributed by atoms with E-state index in [0.29, 0.717) is 17.1 Å². The molecule has 4 rings (SSSR count). The maximum atomic E-state index is 12.4. The van der Waals surface area contributed by atoms with E-state index < -0.39 is 0 Å². The second-order valence-electron chi connectivity index (χ2n) is 5.32. The molecule has 0 fully saturated rings. The highest BCUT2D eigenvalue weighted by atomic mass is 32.1. The number of rotatable bonds is 4. The summed E-state index contributed by atoms with van der Waals surface area (Å²) in [5.74, 6) is -0.0572. The van der Waals surface area contributed by atoms with Crippen molar-refractivity contribution in [3.8, 4) is 16.5 Å². The summed E-state index contributed by atoms with van der Waals surface area (Å²) in [4.78, 5) is 17.6. The third kappa shape index (κ3) is 3.07. The van der Waals surface area contributed by atoms with Gasteiger partial charge in [-0.05, 0) is 42.5 Å². The topological polar surface area (TPSA) is 125 Å². The summed E-state index contributed by atoms with van der Waals surface area (Å²) in [5.41, 5.74) is 1.87. The SMILES string of the molecule is Cc1nc(C)c(-c2nnc(NC(=O)c3cccc(-n4cnnn4)c3)o2)s1. The lowest BCUT2D eigenvalue weighted by Gasteiger charge is -2.03. The Labute approximate surface area is 150 Å². The number of aromatic nitrogens is 7. The zero-order valence-electron chi connectivity index (χ0n) is 13.7. The Kier molecular flexibility index (Phi) is 3.97. The van der Waals surface area contributed by atoms with Gasteiger partial charge < -0.3 is 4.42 Å². The van der Waals surface area contributed by atoms with Crippen molar-refractivity contribution in [2.24, 2.45) is 0 Å². The van der Waals surface area contributed by atoms with Gasteiger partial charge in [-0.1, -0.05) is 11.2 Å². The van der Waals surface area contributed by atoms with E-state index in [4.69, 9.17) is 4.42 Å². The molecule has 3 aromatic heterocycles. The molecule has 0 unspecified atom stereocenters. The number of nitrogens with one attached hydrogen (secondary N) is 1. The molecule has 0 saturated carbocycles. The number of thiazole rings is 1. The fourth-order valence-electron chi connectivity index (χ4n) is 2.33. The average Bonchev–Trinajstić information content (AvgIpc) is 3.36. The molecule has 0 aliphatic rings. The van der Waals surface area contributed by atoms with E-state index in [1.165, 1.54) is 22.3 Å². The first-order valence-corrected chi connectivity index (χ1v) is 8.34. The predicted molar refractivity (Wildman–Crippen MR) is 92.0 cm³/mol. The van der Waals surface area contributed by atoms with E-state index in [1.807, 2.05) is 13.8 Å². The molecular formula is C15H12N8O2S. The highest BCUT2D eigenvalue weighted by Gasteiger charge is 2.17. The molecule has 1 aromatic carbocycles. The Hall–Kier alpha value is -3.47. The van der Waals surface area contributed by atoms with Crippen LogP contribution in [0.3, 0.4) is 0 Å². The van der Waals surface area contributed by atoms with Gasteiger partial charge in [0.05, 0.1) is 16.4 Å². The molecule has 0 aliphatic heterocycles. The van der Waals surface area contributed by atoms with Crippen LogP contribution in [0, 0.1) is 13.8 Å². The third-order valence-electron chi connectivity index (χ3n) is 3.47.